The van der Waals surface area contributed by atoms with Crippen LogP contribution in [0.5, 0.6) is 0 Å². The van der Waals surface area contributed by atoms with E-state index in [0.717, 1.165) is 148 Å². The molecule has 1 fully saturated rings. The molecule has 0 saturated carbocycles. The number of carboxylic acid groups (broad SMARTS) is 1. The van der Waals surface area contributed by atoms with Crippen molar-refractivity contribution in [3.8, 4) is 0 Å². The zero-order valence-corrected chi connectivity index (χ0v) is 48.2. The van der Waals surface area contributed by atoms with Gasteiger partial charge in [0.2, 0.25) is 0 Å². The van der Waals surface area contributed by atoms with E-state index in [1.165, 1.54) is 32.1 Å². The molecular formula is C65H106O12. The van der Waals surface area contributed by atoms with Gasteiger partial charge in [0, 0.05) is 19.3 Å². The molecule has 6 unspecified atom stereocenters. The van der Waals surface area contributed by atoms with Crippen LogP contribution in [0.4, 0.5) is 0 Å². The van der Waals surface area contributed by atoms with E-state index in [1.54, 1.807) is 0 Å². The Kier molecular flexibility index (Phi) is 48.0. The topological polar surface area (TPSA) is 175 Å². The van der Waals surface area contributed by atoms with Crippen LogP contribution >= 0.6 is 0 Å². The third-order valence-corrected chi connectivity index (χ3v) is 13.1. The third-order valence-electron chi connectivity index (χ3n) is 13.1. The molecule has 0 spiro atoms. The first-order valence-electron chi connectivity index (χ1n) is 30.2. The van der Waals surface area contributed by atoms with Crippen LogP contribution in [-0.2, 0) is 42.9 Å². The lowest BCUT2D eigenvalue weighted by Gasteiger charge is -2.40. The predicted molar refractivity (Wildman–Crippen MR) is 312 cm³/mol. The summed E-state index contributed by atoms with van der Waals surface area (Å²) < 4.78 is 28.4. The highest BCUT2D eigenvalue weighted by molar-refractivity contribution is 5.74. The largest absolute Gasteiger partial charge is 0.479 e. The Morgan fingerprint density at radius 1 is 0.442 bits per heavy atom. The molecular weight excluding hydrogens is 973 g/mol. The zero-order valence-electron chi connectivity index (χ0n) is 48.2. The van der Waals surface area contributed by atoms with Gasteiger partial charge in [-0.2, -0.15) is 0 Å². The minimum Gasteiger partial charge on any atom is -0.479 e. The lowest BCUT2D eigenvalue weighted by atomic mass is 9.98. The van der Waals surface area contributed by atoms with Crippen LogP contribution in [0.25, 0.3) is 0 Å². The minimum absolute atomic E-state index is 0.0268. The zero-order chi connectivity index (χ0) is 56.1. The number of carboxylic acids is 1. The highest BCUT2D eigenvalue weighted by Crippen LogP contribution is 2.26. The second kappa shape index (κ2) is 52.3. The van der Waals surface area contributed by atoms with Crippen molar-refractivity contribution < 1.29 is 58.2 Å². The van der Waals surface area contributed by atoms with E-state index in [1.807, 2.05) is 0 Å². The summed E-state index contributed by atoms with van der Waals surface area (Å²) >= 11 is 0. The van der Waals surface area contributed by atoms with Gasteiger partial charge in [-0.3, -0.25) is 14.4 Å². The molecule has 0 aromatic heterocycles. The van der Waals surface area contributed by atoms with Crippen LogP contribution < -0.4 is 0 Å². The molecule has 1 aliphatic rings. The van der Waals surface area contributed by atoms with Crippen molar-refractivity contribution in [2.24, 2.45) is 0 Å². The molecule has 1 saturated heterocycles. The maximum atomic E-state index is 13.1. The van der Waals surface area contributed by atoms with Gasteiger partial charge >= 0.3 is 23.9 Å². The Balaban J connectivity index is 2.70. The number of carbonyl (C=O) groups excluding carboxylic acids is 3. The fourth-order valence-electron chi connectivity index (χ4n) is 8.54. The van der Waals surface area contributed by atoms with Crippen LogP contribution in [0.15, 0.2) is 97.2 Å². The van der Waals surface area contributed by atoms with Gasteiger partial charge in [-0.1, -0.05) is 201 Å². The van der Waals surface area contributed by atoms with Gasteiger partial charge in [0.15, 0.2) is 24.6 Å². The first-order valence-corrected chi connectivity index (χ1v) is 30.2. The van der Waals surface area contributed by atoms with Crippen molar-refractivity contribution in [1.29, 1.82) is 0 Å². The molecule has 1 heterocycles. The number of esters is 3. The first-order chi connectivity index (χ1) is 37.6. The van der Waals surface area contributed by atoms with Gasteiger partial charge in [-0.05, 0) is 116 Å². The number of unbranched alkanes of at least 4 members (excludes halogenated alkanes) is 20. The Labute approximate surface area is 466 Å². The highest BCUT2D eigenvalue weighted by atomic mass is 16.7. The van der Waals surface area contributed by atoms with Crippen LogP contribution in [0, 0.1) is 0 Å². The molecule has 0 aromatic carbocycles. The molecule has 0 bridgehead atoms. The van der Waals surface area contributed by atoms with E-state index >= 15 is 0 Å². The molecule has 438 valence electrons. The van der Waals surface area contributed by atoms with E-state index in [9.17, 15) is 34.5 Å². The minimum atomic E-state index is -1.92. The number of carbonyl (C=O) groups is 4. The Morgan fingerprint density at radius 2 is 0.818 bits per heavy atom. The molecule has 0 amide bonds. The van der Waals surface area contributed by atoms with Gasteiger partial charge < -0.3 is 39.0 Å². The first kappa shape index (κ1) is 70.7. The lowest BCUT2D eigenvalue weighted by molar-refractivity contribution is -0.301. The van der Waals surface area contributed by atoms with Gasteiger partial charge in [-0.15, -0.1) is 0 Å². The van der Waals surface area contributed by atoms with Crippen molar-refractivity contribution in [3.63, 3.8) is 0 Å². The summed E-state index contributed by atoms with van der Waals surface area (Å²) in [6, 6.07) is 0. The summed E-state index contributed by atoms with van der Waals surface area (Å²) in [4.78, 5) is 51.2. The maximum Gasteiger partial charge on any atom is 0.335 e. The smallest absolute Gasteiger partial charge is 0.335 e. The van der Waals surface area contributed by atoms with E-state index < -0.39 is 67.3 Å². The molecule has 12 heteroatoms. The standard InChI is InChI=1S/C65H106O12/c1-4-7-10-13-16-19-22-25-27-29-31-34-36-39-42-45-48-51-57(66)73-54-56(75-58(67)52-49-46-43-40-37-33-24-21-18-15-12-9-6-3)55-74-65-63(61(70)60(69)62(77-65)64(71)72)76-59(68)53-50-47-44-41-38-35-32-30-28-26-23-20-17-14-11-8-5-2/h7-8,10-11,16-17,19-21,24-28,32,35,56,60-63,65,69-70H,4-6,9,12-15,18,22-23,29-31,33-34,36-55H2,1-3H3,(H,71,72)/b10-7-,11-8-,19-16-,20-17-,24-21-,27-25-,28-26-,35-32-. The fraction of sp³-hybridized carbons (Fsp3) is 0.692. The second-order valence-electron chi connectivity index (χ2n) is 20.2. The average Bonchev–Trinajstić information content (AvgIpc) is 3.42. The van der Waals surface area contributed by atoms with Crippen molar-refractivity contribution in [2.45, 2.75) is 276 Å². The summed E-state index contributed by atoms with van der Waals surface area (Å²) in [5, 5.41) is 31.5. The number of allylic oxidation sites excluding steroid dienone is 16. The van der Waals surface area contributed by atoms with E-state index in [0.29, 0.717) is 19.3 Å². The molecule has 12 nitrogen and oxygen atoms in total. The summed E-state index contributed by atoms with van der Waals surface area (Å²) in [5.41, 5.74) is 0. The Hall–Kier alpha value is -4.36. The number of aliphatic carboxylic acids is 1. The summed E-state index contributed by atoms with van der Waals surface area (Å²) in [6.07, 6.45) is 56.5. The summed E-state index contributed by atoms with van der Waals surface area (Å²) in [6.45, 7) is 5.73. The van der Waals surface area contributed by atoms with Gasteiger partial charge in [-0.25, -0.2) is 4.79 Å². The summed E-state index contributed by atoms with van der Waals surface area (Å²) in [7, 11) is 0. The average molecular weight is 1080 g/mol. The monoisotopic (exact) mass is 1080 g/mol. The summed E-state index contributed by atoms with van der Waals surface area (Å²) in [5.74, 6) is -3.18. The normalized spacial score (nSPS) is 18.7. The molecule has 1 aliphatic heterocycles. The molecule has 3 N–H and O–H groups in total. The number of hydrogen-bond acceptors (Lipinski definition) is 11. The molecule has 0 radical (unpaired) electrons. The number of aliphatic hydroxyl groups is 2. The predicted octanol–water partition coefficient (Wildman–Crippen LogP) is 15.7. The molecule has 6 atom stereocenters. The van der Waals surface area contributed by atoms with Crippen molar-refractivity contribution >= 4 is 23.9 Å². The molecule has 0 aromatic rings. The SMILES string of the molecule is CC/C=C\C/C=C\C/C=C\C/C=C\CCCCCCC(=O)OC1C(OCC(COC(=O)CCCCCCCCC/C=C\C/C=C\C/C=C\CC)OC(=O)CCCCCCC/C=C\CCCCCC)OC(C(=O)O)C(O)C1O. The van der Waals surface area contributed by atoms with Gasteiger partial charge in [0.1, 0.15) is 18.8 Å². The van der Waals surface area contributed by atoms with Gasteiger partial charge in [0.05, 0.1) is 6.61 Å². The number of ether oxygens (including phenoxy) is 5. The Morgan fingerprint density at radius 3 is 1.26 bits per heavy atom. The quantitative estimate of drug-likeness (QED) is 0.0228. The van der Waals surface area contributed by atoms with E-state index in [-0.39, 0.29) is 25.9 Å². The Bertz CT molecular complexity index is 1710. The van der Waals surface area contributed by atoms with Crippen molar-refractivity contribution in [3.05, 3.63) is 97.2 Å². The van der Waals surface area contributed by atoms with E-state index in [4.69, 9.17) is 23.7 Å². The number of aliphatic hydroxyl groups excluding tert-OH is 2. The third kappa shape index (κ3) is 42.3. The molecule has 0 aliphatic carbocycles. The number of hydrogen-bond donors (Lipinski definition) is 3. The van der Waals surface area contributed by atoms with E-state index in [2.05, 4.69) is 118 Å². The molecule has 77 heavy (non-hydrogen) atoms. The highest BCUT2D eigenvalue weighted by Gasteiger charge is 2.50. The maximum absolute atomic E-state index is 13.1. The van der Waals surface area contributed by atoms with Gasteiger partial charge in [0.25, 0.3) is 0 Å². The number of rotatable bonds is 50. The second-order valence-corrected chi connectivity index (χ2v) is 20.2. The van der Waals surface area contributed by atoms with Crippen LogP contribution in [0.3, 0.4) is 0 Å². The fourth-order valence-corrected chi connectivity index (χ4v) is 8.54. The lowest BCUT2D eigenvalue weighted by Crippen LogP contribution is -2.61. The van der Waals surface area contributed by atoms with Crippen LogP contribution in [0.1, 0.15) is 239 Å². The molecule has 1 rings (SSSR count). The van der Waals surface area contributed by atoms with Crippen LogP contribution in [-0.4, -0.2) is 89.2 Å². The van der Waals surface area contributed by atoms with Crippen molar-refractivity contribution in [2.75, 3.05) is 13.2 Å². The van der Waals surface area contributed by atoms with Crippen LogP contribution in [0.2, 0.25) is 0 Å². The van der Waals surface area contributed by atoms with Crippen molar-refractivity contribution in [1.82, 2.24) is 0 Å².